The molecule has 0 spiro atoms. The van der Waals surface area contributed by atoms with E-state index in [2.05, 4.69) is 38.1 Å². The van der Waals surface area contributed by atoms with Crippen molar-refractivity contribution in [2.24, 2.45) is 11.8 Å². The molecule has 0 N–H and O–H groups in total. The predicted octanol–water partition coefficient (Wildman–Crippen LogP) is 4.68. The quantitative estimate of drug-likeness (QED) is 0.793. The molecular weight excluding hydrogens is 274 g/mol. The van der Waals surface area contributed by atoms with Crippen molar-refractivity contribution in [2.75, 3.05) is 13.1 Å². The Morgan fingerprint density at radius 1 is 1.23 bits per heavy atom. The van der Waals surface area contributed by atoms with Gasteiger partial charge < -0.3 is 9.64 Å². The van der Waals surface area contributed by atoms with E-state index in [1.165, 1.54) is 5.56 Å². The van der Waals surface area contributed by atoms with Gasteiger partial charge in [-0.2, -0.15) is 0 Å². The summed E-state index contributed by atoms with van der Waals surface area (Å²) in [7, 11) is 0. The molecule has 22 heavy (non-hydrogen) atoms. The molecule has 1 aromatic rings. The maximum atomic E-state index is 12.4. The van der Waals surface area contributed by atoms with Crippen LogP contribution in [0.15, 0.2) is 30.3 Å². The lowest BCUT2D eigenvalue weighted by molar-refractivity contribution is 0.0132. The van der Waals surface area contributed by atoms with Crippen LogP contribution in [-0.2, 0) is 4.74 Å². The molecule has 1 heterocycles. The molecule has 0 bridgehead atoms. The van der Waals surface area contributed by atoms with Gasteiger partial charge in [-0.25, -0.2) is 4.79 Å². The zero-order valence-electron chi connectivity index (χ0n) is 14.5. The van der Waals surface area contributed by atoms with E-state index in [0.29, 0.717) is 17.8 Å². The summed E-state index contributed by atoms with van der Waals surface area (Å²) in [5.74, 6) is 1.62. The molecular formula is C19H29NO2. The van der Waals surface area contributed by atoms with E-state index in [0.717, 1.165) is 19.5 Å². The number of hydrogen-bond donors (Lipinski definition) is 0. The van der Waals surface area contributed by atoms with Crippen molar-refractivity contribution in [2.45, 2.75) is 52.6 Å². The Kier molecular flexibility index (Phi) is 5.15. The standard InChI is InChI=1S/C19H29NO2/c1-14(2)16-11-12-20(18(21)22-19(3,4)5)13-17(16)15-9-7-6-8-10-15/h6-10,14,16-17H,11-13H2,1-5H3/t16-,17+/m0/s1. The third-order valence-electron chi connectivity index (χ3n) is 4.40. The summed E-state index contributed by atoms with van der Waals surface area (Å²) in [5, 5.41) is 0. The summed E-state index contributed by atoms with van der Waals surface area (Å²) in [6.07, 6.45) is 0.854. The second-order valence-electron chi connectivity index (χ2n) is 7.64. The van der Waals surface area contributed by atoms with Crippen molar-refractivity contribution >= 4 is 6.09 Å². The van der Waals surface area contributed by atoms with Gasteiger partial charge in [0.2, 0.25) is 0 Å². The Morgan fingerprint density at radius 2 is 1.86 bits per heavy atom. The third kappa shape index (κ3) is 4.25. The first-order valence-corrected chi connectivity index (χ1v) is 8.31. The fourth-order valence-corrected chi connectivity index (χ4v) is 3.31. The smallest absolute Gasteiger partial charge is 0.410 e. The minimum Gasteiger partial charge on any atom is -0.444 e. The maximum Gasteiger partial charge on any atom is 0.410 e. The predicted molar refractivity (Wildman–Crippen MR) is 89.9 cm³/mol. The fraction of sp³-hybridized carbons (Fsp3) is 0.632. The number of ether oxygens (including phenoxy) is 1. The number of amides is 1. The minimum absolute atomic E-state index is 0.185. The number of carbonyl (C=O) groups is 1. The van der Waals surface area contributed by atoms with Crippen LogP contribution in [0.4, 0.5) is 4.79 Å². The molecule has 0 aliphatic carbocycles. The lowest BCUT2D eigenvalue weighted by Gasteiger charge is -2.41. The summed E-state index contributed by atoms with van der Waals surface area (Å²) in [5.41, 5.74) is 0.892. The molecule has 122 valence electrons. The van der Waals surface area contributed by atoms with Gasteiger partial charge in [0.25, 0.3) is 0 Å². The molecule has 3 heteroatoms. The van der Waals surface area contributed by atoms with Crippen LogP contribution in [0, 0.1) is 11.8 Å². The van der Waals surface area contributed by atoms with Crippen molar-refractivity contribution in [3.05, 3.63) is 35.9 Å². The number of piperidine rings is 1. The molecule has 3 nitrogen and oxygen atoms in total. The number of hydrogen-bond acceptors (Lipinski definition) is 2. The van der Waals surface area contributed by atoms with E-state index >= 15 is 0 Å². The van der Waals surface area contributed by atoms with Crippen LogP contribution in [0.2, 0.25) is 0 Å². The highest BCUT2D eigenvalue weighted by Gasteiger charge is 2.35. The summed E-state index contributed by atoms with van der Waals surface area (Å²) in [6.45, 7) is 11.9. The second-order valence-corrected chi connectivity index (χ2v) is 7.64. The van der Waals surface area contributed by atoms with E-state index in [9.17, 15) is 4.79 Å². The first-order chi connectivity index (χ1) is 10.3. The van der Waals surface area contributed by atoms with E-state index in [1.807, 2.05) is 31.7 Å². The summed E-state index contributed by atoms with van der Waals surface area (Å²) in [6, 6.07) is 10.6. The van der Waals surface area contributed by atoms with Crippen molar-refractivity contribution < 1.29 is 9.53 Å². The molecule has 0 aromatic heterocycles. The van der Waals surface area contributed by atoms with Gasteiger partial charge in [-0.1, -0.05) is 44.2 Å². The van der Waals surface area contributed by atoms with Crippen LogP contribution in [0.3, 0.4) is 0 Å². The number of benzene rings is 1. The first-order valence-electron chi connectivity index (χ1n) is 8.31. The molecule has 2 rings (SSSR count). The SMILES string of the molecule is CC(C)[C@@H]1CCN(C(=O)OC(C)(C)C)C[C@@H]1c1ccccc1. The van der Waals surface area contributed by atoms with Gasteiger partial charge in [0.1, 0.15) is 5.60 Å². The Morgan fingerprint density at radius 3 is 2.41 bits per heavy atom. The Hall–Kier alpha value is -1.51. The van der Waals surface area contributed by atoms with Gasteiger partial charge in [-0.15, -0.1) is 0 Å². The Labute approximate surface area is 134 Å². The Balaban J connectivity index is 2.15. The van der Waals surface area contributed by atoms with Gasteiger partial charge in [-0.05, 0) is 44.6 Å². The second kappa shape index (κ2) is 6.72. The van der Waals surface area contributed by atoms with Crippen molar-refractivity contribution in [1.82, 2.24) is 4.90 Å². The summed E-state index contributed by atoms with van der Waals surface area (Å²) < 4.78 is 5.54. The molecule has 1 aliphatic rings. The topological polar surface area (TPSA) is 29.5 Å². The van der Waals surface area contributed by atoms with Gasteiger partial charge >= 0.3 is 6.09 Å². The van der Waals surface area contributed by atoms with Gasteiger partial charge in [0, 0.05) is 19.0 Å². The van der Waals surface area contributed by atoms with Crippen LogP contribution >= 0.6 is 0 Å². The zero-order chi connectivity index (χ0) is 16.3. The molecule has 2 atom stereocenters. The normalized spacial score (nSPS) is 22.7. The largest absolute Gasteiger partial charge is 0.444 e. The molecule has 1 aliphatic heterocycles. The van der Waals surface area contributed by atoms with E-state index in [-0.39, 0.29) is 6.09 Å². The average Bonchev–Trinajstić information content (AvgIpc) is 2.45. The van der Waals surface area contributed by atoms with E-state index < -0.39 is 5.60 Å². The highest BCUT2D eigenvalue weighted by Crippen LogP contribution is 2.37. The monoisotopic (exact) mass is 303 g/mol. The summed E-state index contributed by atoms with van der Waals surface area (Å²) >= 11 is 0. The molecule has 0 unspecified atom stereocenters. The number of likely N-dealkylation sites (tertiary alicyclic amines) is 1. The number of nitrogens with zero attached hydrogens (tertiary/aromatic N) is 1. The van der Waals surface area contributed by atoms with Crippen LogP contribution in [0.1, 0.15) is 52.5 Å². The molecule has 1 fully saturated rings. The van der Waals surface area contributed by atoms with Gasteiger partial charge in [0.15, 0.2) is 0 Å². The van der Waals surface area contributed by atoms with Crippen LogP contribution in [0.5, 0.6) is 0 Å². The zero-order valence-corrected chi connectivity index (χ0v) is 14.5. The fourth-order valence-electron chi connectivity index (χ4n) is 3.31. The van der Waals surface area contributed by atoms with Crippen molar-refractivity contribution in [1.29, 1.82) is 0 Å². The Bertz CT molecular complexity index is 490. The third-order valence-corrected chi connectivity index (χ3v) is 4.40. The number of rotatable bonds is 2. The van der Waals surface area contributed by atoms with Crippen molar-refractivity contribution in [3.63, 3.8) is 0 Å². The van der Waals surface area contributed by atoms with Gasteiger partial charge in [0.05, 0.1) is 0 Å². The summed E-state index contributed by atoms with van der Waals surface area (Å²) in [4.78, 5) is 14.2. The lowest BCUT2D eigenvalue weighted by atomic mass is 9.75. The molecule has 1 aromatic carbocycles. The number of carbonyl (C=O) groups excluding carboxylic acids is 1. The van der Waals surface area contributed by atoms with Crippen molar-refractivity contribution in [3.8, 4) is 0 Å². The maximum absolute atomic E-state index is 12.4. The van der Waals surface area contributed by atoms with Crippen LogP contribution in [0.25, 0.3) is 0 Å². The molecule has 1 amide bonds. The van der Waals surface area contributed by atoms with E-state index in [4.69, 9.17) is 4.74 Å². The average molecular weight is 303 g/mol. The highest BCUT2D eigenvalue weighted by atomic mass is 16.6. The molecule has 1 saturated heterocycles. The molecule has 0 saturated carbocycles. The lowest BCUT2D eigenvalue weighted by Crippen LogP contribution is -2.46. The van der Waals surface area contributed by atoms with Crippen LogP contribution in [-0.4, -0.2) is 29.7 Å². The van der Waals surface area contributed by atoms with E-state index in [1.54, 1.807) is 0 Å². The minimum atomic E-state index is -0.436. The molecule has 0 radical (unpaired) electrons. The highest BCUT2D eigenvalue weighted by molar-refractivity contribution is 5.68. The van der Waals surface area contributed by atoms with Crippen LogP contribution < -0.4 is 0 Å². The first kappa shape index (κ1) is 16.9. The van der Waals surface area contributed by atoms with Gasteiger partial charge in [-0.3, -0.25) is 0 Å².